The number of phenols is 1. The van der Waals surface area contributed by atoms with Crippen molar-refractivity contribution in [1.29, 1.82) is 0 Å². The van der Waals surface area contributed by atoms with Gasteiger partial charge in [-0.25, -0.2) is 0 Å². The summed E-state index contributed by atoms with van der Waals surface area (Å²) < 4.78 is 0. The summed E-state index contributed by atoms with van der Waals surface area (Å²) in [6.45, 7) is 0. The molecular weight excluding hydrogens is 370 g/mol. The third-order valence-corrected chi connectivity index (χ3v) is 5.13. The van der Waals surface area contributed by atoms with Crippen molar-refractivity contribution in [1.82, 2.24) is 20.5 Å². The van der Waals surface area contributed by atoms with E-state index in [-0.39, 0.29) is 11.7 Å². The Kier molecular flexibility index (Phi) is 4.46. The second kappa shape index (κ2) is 7.06. The van der Waals surface area contributed by atoms with Crippen molar-refractivity contribution < 1.29 is 9.90 Å². The third kappa shape index (κ3) is 3.63. The van der Waals surface area contributed by atoms with E-state index in [2.05, 4.69) is 25.5 Å². The van der Waals surface area contributed by atoms with Crippen LogP contribution in [0.4, 0.5) is 5.13 Å². The summed E-state index contributed by atoms with van der Waals surface area (Å²) >= 11 is 2.54. The minimum absolute atomic E-state index is 0.191. The minimum Gasteiger partial charge on any atom is -0.508 e. The molecule has 2 aromatic heterocycles. The van der Waals surface area contributed by atoms with Gasteiger partial charge in [0.25, 0.3) is 5.91 Å². The highest BCUT2D eigenvalue weighted by Gasteiger charge is 2.24. The van der Waals surface area contributed by atoms with Crippen LogP contribution in [0.3, 0.4) is 0 Å². The lowest BCUT2D eigenvalue weighted by Crippen LogP contribution is -2.19. The van der Waals surface area contributed by atoms with Gasteiger partial charge in [-0.2, -0.15) is 4.99 Å². The number of carbonyl (C=O) groups excluding carboxylic acids is 1. The van der Waals surface area contributed by atoms with Gasteiger partial charge in [0.1, 0.15) is 10.8 Å². The smallest absolute Gasteiger partial charge is 0.264 e. The molecule has 2 N–H and O–H groups in total. The molecule has 26 heavy (non-hydrogen) atoms. The van der Waals surface area contributed by atoms with Gasteiger partial charge in [-0.1, -0.05) is 17.4 Å². The second-order valence-corrected chi connectivity index (χ2v) is 7.19. The van der Waals surface area contributed by atoms with Crippen LogP contribution in [0.25, 0.3) is 16.6 Å². The first-order chi connectivity index (χ1) is 12.7. The van der Waals surface area contributed by atoms with Crippen LogP contribution in [0.5, 0.6) is 5.75 Å². The number of nitrogens with zero attached hydrogens (tertiary/aromatic N) is 4. The molecule has 1 saturated heterocycles. The first-order valence-corrected chi connectivity index (χ1v) is 9.13. The van der Waals surface area contributed by atoms with Crippen molar-refractivity contribution in [3.63, 3.8) is 0 Å². The molecule has 128 valence electrons. The number of aromatic hydroxyl groups is 1. The molecule has 0 aliphatic carbocycles. The summed E-state index contributed by atoms with van der Waals surface area (Å²) in [6.07, 6.45) is 5.13. The molecule has 0 saturated carbocycles. The Morgan fingerprint density at radius 2 is 2.00 bits per heavy atom. The number of benzene rings is 1. The molecule has 7 nitrogen and oxygen atoms in total. The zero-order valence-electron chi connectivity index (χ0n) is 13.2. The summed E-state index contributed by atoms with van der Waals surface area (Å²) in [5.74, 6) is -0.0161. The number of amides is 1. The topological polar surface area (TPSA) is 100 Å². The number of hydrogen-bond acceptors (Lipinski definition) is 8. The molecular formula is C17H11N5O2S2. The largest absolute Gasteiger partial charge is 0.508 e. The highest BCUT2D eigenvalue weighted by atomic mass is 32.2. The van der Waals surface area contributed by atoms with E-state index in [1.54, 1.807) is 42.7 Å². The number of carbonyl (C=O) groups is 1. The van der Waals surface area contributed by atoms with Gasteiger partial charge in [-0.15, -0.1) is 10.2 Å². The molecule has 1 aliphatic rings. The van der Waals surface area contributed by atoms with Crippen molar-refractivity contribution >= 4 is 45.4 Å². The SMILES string of the molecule is O=C1N/C(=N\c2nnc(-c3ccc(O)cc3)s2)S/C1=C\c1cccnc1. The number of aromatic nitrogens is 3. The molecule has 9 heteroatoms. The van der Waals surface area contributed by atoms with Crippen LogP contribution >= 0.6 is 23.1 Å². The van der Waals surface area contributed by atoms with Crippen molar-refractivity contribution in [3.8, 4) is 16.3 Å². The lowest BCUT2D eigenvalue weighted by Gasteiger charge is -1.94. The number of amidine groups is 1. The maximum absolute atomic E-state index is 12.1. The number of thioether (sulfide) groups is 1. The summed E-state index contributed by atoms with van der Waals surface area (Å²) in [6, 6.07) is 10.4. The lowest BCUT2D eigenvalue weighted by atomic mass is 10.2. The molecule has 0 radical (unpaired) electrons. The summed E-state index contributed by atoms with van der Waals surface area (Å²) in [4.78, 5) is 21.0. The average molecular weight is 381 g/mol. The summed E-state index contributed by atoms with van der Waals surface area (Å²) in [7, 11) is 0. The molecule has 3 aromatic rings. The van der Waals surface area contributed by atoms with Crippen LogP contribution in [0.2, 0.25) is 0 Å². The van der Waals surface area contributed by atoms with E-state index in [1.807, 2.05) is 12.1 Å². The molecule has 1 amide bonds. The maximum Gasteiger partial charge on any atom is 0.264 e. The summed E-state index contributed by atoms with van der Waals surface area (Å²) in [5, 5.41) is 21.8. The quantitative estimate of drug-likeness (QED) is 0.676. The van der Waals surface area contributed by atoms with Crippen molar-refractivity contribution in [2.75, 3.05) is 0 Å². The van der Waals surface area contributed by atoms with Crippen LogP contribution in [0.1, 0.15) is 5.56 Å². The number of aliphatic imine (C=N–C) groups is 1. The van der Waals surface area contributed by atoms with E-state index in [0.717, 1.165) is 11.1 Å². The van der Waals surface area contributed by atoms with Crippen LogP contribution in [0.15, 0.2) is 58.7 Å². The Hall–Kier alpha value is -3.04. The Labute approximate surface area is 156 Å². The fraction of sp³-hybridized carbons (Fsp3) is 0. The fourth-order valence-electron chi connectivity index (χ4n) is 2.16. The van der Waals surface area contributed by atoms with E-state index in [1.165, 1.54) is 23.1 Å². The molecule has 0 atom stereocenters. The van der Waals surface area contributed by atoms with Gasteiger partial charge in [-0.3, -0.25) is 9.78 Å². The molecule has 1 fully saturated rings. The third-order valence-electron chi connectivity index (χ3n) is 3.36. The van der Waals surface area contributed by atoms with Crippen LogP contribution < -0.4 is 5.32 Å². The predicted molar refractivity (Wildman–Crippen MR) is 102 cm³/mol. The number of rotatable bonds is 3. The van der Waals surface area contributed by atoms with E-state index in [4.69, 9.17) is 0 Å². The first kappa shape index (κ1) is 16.4. The molecule has 0 spiro atoms. The Morgan fingerprint density at radius 1 is 1.15 bits per heavy atom. The van der Waals surface area contributed by atoms with Gasteiger partial charge < -0.3 is 10.4 Å². The van der Waals surface area contributed by atoms with Gasteiger partial charge in [0, 0.05) is 18.0 Å². The number of nitrogens with one attached hydrogen (secondary N) is 1. The van der Waals surface area contributed by atoms with Gasteiger partial charge in [0.15, 0.2) is 5.17 Å². The molecule has 3 heterocycles. The van der Waals surface area contributed by atoms with E-state index in [9.17, 15) is 9.90 Å². The average Bonchev–Trinajstić information content (AvgIpc) is 3.24. The van der Waals surface area contributed by atoms with Gasteiger partial charge in [-0.05, 0) is 53.7 Å². The highest BCUT2D eigenvalue weighted by molar-refractivity contribution is 8.18. The monoisotopic (exact) mass is 381 g/mol. The summed E-state index contributed by atoms with van der Waals surface area (Å²) in [5.41, 5.74) is 1.68. The Balaban J connectivity index is 1.53. The van der Waals surface area contributed by atoms with Gasteiger partial charge in [0.05, 0.1) is 4.91 Å². The molecule has 0 unspecified atom stereocenters. The standard InChI is InChI=1S/C17H11N5O2S2/c23-12-5-3-11(4-6-12)15-21-22-17(26-15)20-16-19-14(24)13(25-16)8-10-2-1-7-18-9-10/h1-9,23H,(H,19,20,22,24)/b13-8-. The number of phenolic OH excluding ortho intramolecular Hbond substituents is 1. The van der Waals surface area contributed by atoms with Crippen molar-refractivity contribution in [2.24, 2.45) is 4.99 Å². The zero-order valence-corrected chi connectivity index (χ0v) is 14.8. The number of hydrogen-bond donors (Lipinski definition) is 2. The normalized spacial score (nSPS) is 17.0. The second-order valence-electron chi connectivity index (χ2n) is 5.20. The van der Waals surface area contributed by atoms with Gasteiger partial charge >= 0.3 is 0 Å². The van der Waals surface area contributed by atoms with Crippen LogP contribution in [-0.2, 0) is 4.79 Å². The predicted octanol–water partition coefficient (Wildman–Crippen LogP) is 3.20. The minimum atomic E-state index is -0.208. The first-order valence-electron chi connectivity index (χ1n) is 7.50. The molecule has 1 aromatic carbocycles. The Morgan fingerprint density at radius 3 is 2.77 bits per heavy atom. The molecule has 4 rings (SSSR count). The Bertz CT molecular complexity index is 1010. The van der Waals surface area contributed by atoms with E-state index >= 15 is 0 Å². The van der Waals surface area contributed by atoms with Crippen LogP contribution in [0, 0.1) is 0 Å². The fourth-order valence-corrected chi connectivity index (χ4v) is 3.77. The lowest BCUT2D eigenvalue weighted by molar-refractivity contribution is -0.115. The van der Waals surface area contributed by atoms with Crippen molar-refractivity contribution in [2.45, 2.75) is 0 Å². The highest BCUT2D eigenvalue weighted by Crippen LogP contribution is 2.32. The van der Waals surface area contributed by atoms with Gasteiger partial charge in [0.2, 0.25) is 5.13 Å². The molecule has 0 bridgehead atoms. The van der Waals surface area contributed by atoms with Crippen LogP contribution in [-0.4, -0.2) is 31.4 Å². The van der Waals surface area contributed by atoms with E-state index in [0.29, 0.717) is 20.2 Å². The van der Waals surface area contributed by atoms with E-state index < -0.39 is 0 Å². The van der Waals surface area contributed by atoms with Crippen molar-refractivity contribution in [3.05, 3.63) is 59.3 Å². The maximum atomic E-state index is 12.1. The molecule has 1 aliphatic heterocycles. The number of pyridine rings is 1. The zero-order chi connectivity index (χ0) is 17.9.